The molecule has 0 saturated carbocycles. The van der Waals surface area contributed by atoms with E-state index in [4.69, 9.17) is 9.47 Å². The molecule has 1 aliphatic heterocycles. The number of allylic oxidation sites excluding steroid dienone is 1. The first-order valence-corrected chi connectivity index (χ1v) is 5.77. The van der Waals surface area contributed by atoms with Crippen molar-refractivity contribution in [2.24, 2.45) is 0 Å². The molecule has 1 atom stereocenters. The van der Waals surface area contributed by atoms with Crippen molar-refractivity contribution in [3.63, 3.8) is 0 Å². The number of rotatable bonds is 5. The number of nitrogens with zero attached hydrogens (tertiary/aromatic N) is 1. The molecule has 4 heteroatoms. The van der Waals surface area contributed by atoms with Gasteiger partial charge < -0.3 is 14.4 Å². The molecule has 92 valence electrons. The van der Waals surface area contributed by atoms with Gasteiger partial charge in [0, 0.05) is 33.2 Å². The summed E-state index contributed by atoms with van der Waals surface area (Å²) in [7, 11) is 1.68. The van der Waals surface area contributed by atoms with Crippen LogP contribution in [0, 0.1) is 0 Å². The van der Waals surface area contributed by atoms with Crippen molar-refractivity contribution in [3.05, 3.63) is 12.2 Å². The zero-order valence-electron chi connectivity index (χ0n) is 10.1. The second kappa shape index (κ2) is 7.41. The molecule has 1 aliphatic rings. The Bertz CT molecular complexity index is 240. The minimum atomic E-state index is 0.128. The second-order valence-electron chi connectivity index (χ2n) is 3.89. The summed E-state index contributed by atoms with van der Waals surface area (Å²) in [5.74, 6) is 0.184. The van der Waals surface area contributed by atoms with E-state index in [0.29, 0.717) is 32.7 Å². The Morgan fingerprint density at radius 3 is 3.12 bits per heavy atom. The van der Waals surface area contributed by atoms with Crippen molar-refractivity contribution in [1.82, 2.24) is 4.90 Å². The molecule has 0 aromatic rings. The van der Waals surface area contributed by atoms with Crippen LogP contribution < -0.4 is 0 Å². The average Bonchev–Trinajstić information content (AvgIpc) is 2.33. The van der Waals surface area contributed by atoms with Gasteiger partial charge in [-0.15, -0.1) is 0 Å². The van der Waals surface area contributed by atoms with Crippen molar-refractivity contribution in [3.8, 4) is 0 Å². The third kappa shape index (κ3) is 4.33. The number of carbonyl (C=O) groups is 1. The molecule has 16 heavy (non-hydrogen) atoms. The molecule has 4 nitrogen and oxygen atoms in total. The molecular formula is C12H21NO3. The van der Waals surface area contributed by atoms with Gasteiger partial charge in [0.25, 0.3) is 0 Å². The minimum Gasteiger partial charge on any atom is -0.385 e. The predicted octanol–water partition coefficient (Wildman–Crippen LogP) is 1.22. The van der Waals surface area contributed by atoms with Crippen LogP contribution in [0.25, 0.3) is 0 Å². The predicted molar refractivity (Wildman–Crippen MR) is 62.2 cm³/mol. The SMILES string of the molecule is CC=CCC(=O)N1CCOC(CCOC)C1. The normalized spacial score (nSPS) is 21.6. The maximum Gasteiger partial charge on any atom is 0.226 e. The van der Waals surface area contributed by atoms with Crippen LogP contribution in [0.3, 0.4) is 0 Å². The van der Waals surface area contributed by atoms with Crippen LogP contribution >= 0.6 is 0 Å². The maximum atomic E-state index is 11.8. The van der Waals surface area contributed by atoms with Gasteiger partial charge in [0.1, 0.15) is 0 Å². The molecule has 0 bridgehead atoms. The first-order chi connectivity index (χ1) is 7.77. The molecule has 0 N–H and O–H groups in total. The van der Waals surface area contributed by atoms with Crippen LogP contribution in [0.5, 0.6) is 0 Å². The molecule has 0 spiro atoms. The van der Waals surface area contributed by atoms with Crippen LogP contribution in [-0.2, 0) is 14.3 Å². The summed E-state index contributed by atoms with van der Waals surface area (Å²) >= 11 is 0. The summed E-state index contributed by atoms with van der Waals surface area (Å²) in [5, 5.41) is 0. The van der Waals surface area contributed by atoms with Gasteiger partial charge in [-0.1, -0.05) is 12.2 Å². The second-order valence-corrected chi connectivity index (χ2v) is 3.89. The van der Waals surface area contributed by atoms with E-state index in [1.807, 2.05) is 24.0 Å². The van der Waals surface area contributed by atoms with Gasteiger partial charge in [0.05, 0.1) is 12.7 Å². The quantitative estimate of drug-likeness (QED) is 0.663. The lowest BCUT2D eigenvalue weighted by Crippen LogP contribution is -2.45. The van der Waals surface area contributed by atoms with Gasteiger partial charge >= 0.3 is 0 Å². The maximum absolute atomic E-state index is 11.8. The lowest BCUT2D eigenvalue weighted by atomic mass is 10.2. The number of hydrogen-bond donors (Lipinski definition) is 0. The molecule has 0 aromatic carbocycles. The summed E-state index contributed by atoms with van der Waals surface area (Å²) in [6.07, 6.45) is 5.27. The van der Waals surface area contributed by atoms with Gasteiger partial charge in [-0.3, -0.25) is 4.79 Å². The van der Waals surface area contributed by atoms with E-state index >= 15 is 0 Å². The van der Waals surface area contributed by atoms with Crippen LogP contribution in [0.4, 0.5) is 0 Å². The Hall–Kier alpha value is -0.870. The fourth-order valence-corrected chi connectivity index (χ4v) is 1.72. The molecule has 1 rings (SSSR count). The summed E-state index contributed by atoms with van der Waals surface area (Å²) in [5.41, 5.74) is 0. The van der Waals surface area contributed by atoms with E-state index in [1.165, 1.54) is 0 Å². The lowest BCUT2D eigenvalue weighted by molar-refractivity contribution is -0.138. The third-order valence-electron chi connectivity index (χ3n) is 2.66. The van der Waals surface area contributed by atoms with Gasteiger partial charge in [-0.05, 0) is 13.3 Å². The van der Waals surface area contributed by atoms with Crippen LogP contribution in [0.15, 0.2) is 12.2 Å². The fourth-order valence-electron chi connectivity index (χ4n) is 1.72. The number of amides is 1. The van der Waals surface area contributed by atoms with Crippen molar-refractivity contribution < 1.29 is 14.3 Å². The summed E-state index contributed by atoms with van der Waals surface area (Å²) < 4.78 is 10.6. The van der Waals surface area contributed by atoms with E-state index in [9.17, 15) is 4.79 Å². The van der Waals surface area contributed by atoms with E-state index in [-0.39, 0.29) is 12.0 Å². The van der Waals surface area contributed by atoms with Crippen molar-refractivity contribution >= 4 is 5.91 Å². The average molecular weight is 227 g/mol. The van der Waals surface area contributed by atoms with Crippen molar-refractivity contribution in [1.29, 1.82) is 0 Å². The standard InChI is InChI=1S/C12H21NO3/c1-3-4-5-12(14)13-7-9-16-11(10-13)6-8-15-2/h3-4,11H,5-10H2,1-2H3. The molecule has 1 heterocycles. The molecule has 0 aromatic heterocycles. The van der Waals surface area contributed by atoms with Gasteiger partial charge in [0.15, 0.2) is 0 Å². The molecule has 0 aliphatic carbocycles. The highest BCUT2D eigenvalue weighted by molar-refractivity contribution is 5.77. The Labute approximate surface area is 97.2 Å². The van der Waals surface area contributed by atoms with Gasteiger partial charge in [-0.25, -0.2) is 0 Å². The summed E-state index contributed by atoms with van der Waals surface area (Å²) in [6, 6.07) is 0. The summed E-state index contributed by atoms with van der Waals surface area (Å²) in [6.45, 7) is 4.64. The highest BCUT2D eigenvalue weighted by Crippen LogP contribution is 2.10. The van der Waals surface area contributed by atoms with E-state index < -0.39 is 0 Å². The smallest absolute Gasteiger partial charge is 0.226 e. The zero-order valence-corrected chi connectivity index (χ0v) is 10.1. The van der Waals surface area contributed by atoms with Crippen LogP contribution in [-0.4, -0.2) is 50.3 Å². The highest BCUT2D eigenvalue weighted by Gasteiger charge is 2.22. The zero-order chi connectivity index (χ0) is 11.8. The number of hydrogen-bond acceptors (Lipinski definition) is 3. The first-order valence-electron chi connectivity index (χ1n) is 5.77. The number of morpholine rings is 1. The highest BCUT2D eigenvalue weighted by atomic mass is 16.5. The molecule has 1 saturated heterocycles. The van der Waals surface area contributed by atoms with Gasteiger partial charge in [-0.2, -0.15) is 0 Å². The Kier molecular flexibility index (Phi) is 6.11. The number of ether oxygens (including phenoxy) is 2. The number of methoxy groups -OCH3 is 1. The Morgan fingerprint density at radius 2 is 2.44 bits per heavy atom. The molecule has 1 unspecified atom stereocenters. The van der Waals surface area contributed by atoms with E-state index in [1.54, 1.807) is 7.11 Å². The minimum absolute atomic E-state index is 0.128. The van der Waals surface area contributed by atoms with Crippen molar-refractivity contribution in [2.75, 3.05) is 33.4 Å². The number of carbonyl (C=O) groups excluding carboxylic acids is 1. The topological polar surface area (TPSA) is 38.8 Å². The molecule has 1 fully saturated rings. The lowest BCUT2D eigenvalue weighted by Gasteiger charge is -2.32. The van der Waals surface area contributed by atoms with Crippen molar-refractivity contribution in [2.45, 2.75) is 25.9 Å². The largest absolute Gasteiger partial charge is 0.385 e. The molecule has 0 radical (unpaired) electrons. The first kappa shape index (κ1) is 13.2. The Balaban J connectivity index is 2.34. The monoisotopic (exact) mass is 227 g/mol. The summed E-state index contributed by atoms with van der Waals surface area (Å²) in [4.78, 5) is 13.6. The molecule has 1 amide bonds. The molecular weight excluding hydrogens is 206 g/mol. The van der Waals surface area contributed by atoms with Crippen LogP contribution in [0.2, 0.25) is 0 Å². The van der Waals surface area contributed by atoms with E-state index in [0.717, 1.165) is 6.42 Å². The fraction of sp³-hybridized carbons (Fsp3) is 0.750. The van der Waals surface area contributed by atoms with E-state index in [2.05, 4.69) is 0 Å². The third-order valence-corrected chi connectivity index (χ3v) is 2.66. The van der Waals surface area contributed by atoms with Gasteiger partial charge in [0.2, 0.25) is 5.91 Å². The van der Waals surface area contributed by atoms with Crippen LogP contribution in [0.1, 0.15) is 19.8 Å². The Morgan fingerprint density at radius 1 is 1.62 bits per heavy atom.